The van der Waals surface area contributed by atoms with Gasteiger partial charge in [-0.05, 0) is 30.2 Å². The standard InChI is InChI=1S/C17H17FN2O3S/c1-24(22,23)16-5-3-2-4-12(16)11-6-7-15(13(18)10-11)20-9-8-14(19)17(20)21/h2-7,10,14H,8-9,19H2,1H3/t14-/m0/s1. The van der Waals surface area contributed by atoms with E-state index in [1.165, 1.54) is 23.1 Å². The molecule has 24 heavy (non-hydrogen) atoms. The van der Waals surface area contributed by atoms with Crippen LogP contribution in [0.5, 0.6) is 0 Å². The average molecular weight is 348 g/mol. The van der Waals surface area contributed by atoms with Crippen LogP contribution in [-0.2, 0) is 14.6 Å². The fourth-order valence-electron chi connectivity index (χ4n) is 2.86. The number of nitrogens with two attached hydrogens (primary N) is 1. The summed E-state index contributed by atoms with van der Waals surface area (Å²) in [7, 11) is -3.44. The van der Waals surface area contributed by atoms with Crippen molar-refractivity contribution < 1.29 is 17.6 Å². The third-order valence-corrected chi connectivity index (χ3v) is 5.24. The third-order valence-electron chi connectivity index (χ3n) is 4.08. The normalized spacial score (nSPS) is 18.2. The lowest BCUT2D eigenvalue weighted by Gasteiger charge is -2.18. The summed E-state index contributed by atoms with van der Waals surface area (Å²) in [6, 6.07) is 10.2. The van der Waals surface area contributed by atoms with Crippen LogP contribution in [0, 0.1) is 5.82 Å². The van der Waals surface area contributed by atoms with Gasteiger partial charge in [-0.15, -0.1) is 0 Å². The molecule has 0 aromatic heterocycles. The van der Waals surface area contributed by atoms with E-state index in [1.54, 1.807) is 24.3 Å². The SMILES string of the molecule is CS(=O)(=O)c1ccccc1-c1ccc(N2CC[C@H](N)C2=O)c(F)c1. The van der Waals surface area contributed by atoms with Crippen LogP contribution in [-0.4, -0.2) is 33.2 Å². The molecule has 2 N–H and O–H groups in total. The van der Waals surface area contributed by atoms with E-state index < -0.39 is 21.7 Å². The van der Waals surface area contributed by atoms with Crippen LogP contribution < -0.4 is 10.6 Å². The molecule has 0 radical (unpaired) electrons. The molecule has 0 bridgehead atoms. The number of hydrogen-bond donors (Lipinski definition) is 1. The van der Waals surface area contributed by atoms with Gasteiger partial charge in [0.25, 0.3) is 0 Å². The second-order valence-corrected chi connectivity index (χ2v) is 7.80. The molecule has 0 saturated carbocycles. The number of carbonyl (C=O) groups excluding carboxylic acids is 1. The Balaban J connectivity index is 2.05. The molecule has 0 unspecified atom stereocenters. The maximum atomic E-state index is 14.5. The van der Waals surface area contributed by atoms with Crippen LogP contribution in [0.3, 0.4) is 0 Å². The van der Waals surface area contributed by atoms with E-state index in [1.807, 2.05) is 0 Å². The molecular formula is C17H17FN2O3S. The minimum Gasteiger partial charge on any atom is -0.320 e. The van der Waals surface area contributed by atoms with Crippen LogP contribution in [0.4, 0.5) is 10.1 Å². The Kier molecular flexibility index (Phi) is 4.15. The van der Waals surface area contributed by atoms with Gasteiger partial charge in [-0.1, -0.05) is 24.3 Å². The Morgan fingerprint density at radius 2 is 1.92 bits per heavy atom. The Morgan fingerprint density at radius 3 is 2.50 bits per heavy atom. The van der Waals surface area contributed by atoms with Gasteiger partial charge in [-0.2, -0.15) is 0 Å². The molecule has 1 atom stereocenters. The Labute approximate surface area is 139 Å². The van der Waals surface area contributed by atoms with E-state index in [0.29, 0.717) is 24.1 Å². The number of anilines is 1. The van der Waals surface area contributed by atoms with Gasteiger partial charge < -0.3 is 10.6 Å². The van der Waals surface area contributed by atoms with E-state index in [0.717, 1.165) is 6.26 Å². The molecule has 1 fully saturated rings. The summed E-state index contributed by atoms with van der Waals surface area (Å²) >= 11 is 0. The number of rotatable bonds is 3. The van der Waals surface area contributed by atoms with E-state index in [9.17, 15) is 17.6 Å². The summed E-state index contributed by atoms with van der Waals surface area (Å²) in [4.78, 5) is 13.4. The van der Waals surface area contributed by atoms with Crippen LogP contribution in [0.25, 0.3) is 11.1 Å². The quantitative estimate of drug-likeness (QED) is 0.919. The van der Waals surface area contributed by atoms with Crippen molar-refractivity contribution in [1.29, 1.82) is 0 Å². The van der Waals surface area contributed by atoms with Gasteiger partial charge >= 0.3 is 0 Å². The molecule has 0 aliphatic carbocycles. The van der Waals surface area contributed by atoms with Gasteiger partial charge in [0.2, 0.25) is 5.91 Å². The van der Waals surface area contributed by atoms with E-state index >= 15 is 0 Å². The van der Waals surface area contributed by atoms with E-state index in [4.69, 9.17) is 5.73 Å². The smallest absolute Gasteiger partial charge is 0.244 e. The fourth-order valence-corrected chi connectivity index (χ4v) is 3.77. The van der Waals surface area contributed by atoms with Gasteiger partial charge in [0.05, 0.1) is 16.6 Å². The lowest BCUT2D eigenvalue weighted by molar-refractivity contribution is -0.118. The minimum atomic E-state index is -3.44. The molecule has 2 aromatic rings. The van der Waals surface area contributed by atoms with Gasteiger partial charge in [0.15, 0.2) is 9.84 Å². The van der Waals surface area contributed by atoms with Crippen molar-refractivity contribution in [3.8, 4) is 11.1 Å². The maximum absolute atomic E-state index is 14.5. The van der Waals surface area contributed by atoms with E-state index in [-0.39, 0.29) is 16.5 Å². The lowest BCUT2D eigenvalue weighted by atomic mass is 10.0. The highest BCUT2D eigenvalue weighted by molar-refractivity contribution is 7.90. The molecule has 1 aliphatic heterocycles. The number of carbonyl (C=O) groups is 1. The van der Waals surface area contributed by atoms with Crippen molar-refractivity contribution in [1.82, 2.24) is 0 Å². The zero-order valence-corrected chi connectivity index (χ0v) is 13.9. The summed E-state index contributed by atoms with van der Waals surface area (Å²) in [6.45, 7) is 0.371. The molecule has 1 amide bonds. The van der Waals surface area contributed by atoms with Gasteiger partial charge in [-0.25, -0.2) is 12.8 Å². The summed E-state index contributed by atoms with van der Waals surface area (Å²) in [6.07, 6.45) is 1.60. The molecule has 7 heteroatoms. The zero-order valence-electron chi connectivity index (χ0n) is 13.1. The second kappa shape index (κ2) is 5.99. The molecule has 5 nitrogen and oxygen atoms in total. The van der Waals surface area contributed by atoms with Crippen LogP contribution >= 0.6 is 0 Å². The van der Waals surface area contributed by atoms with Crippen molar-refractivity contribution >= 4 is 21.4 Å². The van der Waals surface area contributed by atoms with Crippen molar-refractivity contribution in [2.24, 2.45) is 5.73 Å². The van der Waals surface area contributed by atoms with Crippen molar-refractivity contribution in [3.63, 3.8) is 0 Å². The number of hydrogen-bond acceptors (Lipinski definition) is 4. The van der Waals surface area contributed by atoms with Crippen molar-refractivity contribution in [3.05, 3.63) is 48.3 Å². The van der Waals surface area contributed by atoms with Gasteiger partial charge in [-0.3, -0.25) is 4.79 Å². The highest BCUT2D eigenvalue weighted by Crippen LogP contribution is 2.32. The monoisotopic (exact) mass is 348 g/mol. The summed E-state index contributed by atoms with van der Waals surface area (Å²) in [5.41, 5.74) is 6.69. The zero-order chi connectivity index (χ0) is 17.5. The Morgan fingerprint density at radius 1 is 1.21 bits per heavy atom. The molecule has 1 heterocycles. The largest absolute Gasteiger partial charge is 0.320 e. The Hall–Kier alpha value is -2.25. The first-order chi connectivity index (χ1) is 11.3. The second-order valence-electron chi connectivity index (χ2n) is 5.82. The number of amides is 1. The van der Waals surface area contributed by atoms with Crippen molar-refractivity contribution in [2.75, 3.05) is 17.7 Å². The van der Waals surface area contributed by atoms with Crippen molar-refractivity contribution in [2.45, 2.75) is 17.4 Å². The Bertz CT molecular complexity index is 912. The minimum absolute atomic E-state index is 0.136. The van der Waals surface area contributed by atoms with Gasteiger partial charge in [0.1, 0.15) is 5.82 Å². The topological polar surface area (TPSA) is 80.5 Å². The molecule has 1 saturated heterocycles. The highest BCUT2D eigenvalue weighted by atomic mass is 32.2. The molecule has 3 rings (SSSR count). The number of nitrogens with zero attached hydrogens (tertiary/aromatic N) is 1. The number of halogens is 1. The predicted molar refractivity (Wildman–Crippen MR) is 89.9 cm³/mol. The van der Waals surface area contributed by atoms with Crippen LogP contribution in [0.2, 0.25) is 0 Å². The van der Waals surface area contributed by atoms with Crippen LogP contribution in [0.1, 0.15) is 6.42 Å². The molecular weight excluding hydrogens is 331 g/mol. The maximum Gasteiger partial charge on any atom is 0.244 e. The first-order valence-corrected chi connectivity index (χ1v) is 9.34. The molecule has 2 aromatic carbocycles. The molecule has 0 spiro atoms. The molecule has 1 aliphatic rings. The number of sulfone groups is 1. The lowest BCUT2D eigenvalue weighted by Crippen LogP contribution is -2.34. The highest BCUT2D eigenvalue weighted by Gasteiger charge is 2.31. The van der Waals surface area contributed by atoms with Gasteiger partial charge in [0, 0.05) is 18.4 Å². The molecule has 126 valence electrons. The van der Waals surface area contributed by atoms with Crippen LogP contribution in [0.15, 0.2) is 47.4 Å². The average Bonchev–Trinajstić information content (AvgIpc) is 2.86. The summed E-state index contributed by atoms with van der Waals surface area (Å²) in [5.74, 6) is -0.892. The first kappa shape index (κ1) is 16.6. The number of benzene rings is 2. The van der Waals surface area contributed by atoms with E-state index in [2.05, 4.69) is 0 Å². The predicted octanol–water partition coefficient (Wildman–Crippen LogP) is 1.96. The summed E-state index contributed by atoms with van der Waals surface area (Å²) in [5, 5.41) is 0. The third kappa shape index (κ3) is 2.92. The first-order valence-electron chi connectivity index (χ1n) is 7.45. The summed E-state index contributed by atoms with van der Waals surface area (Å²) < 4.78 is 38.3. The fraction of sp³-hybridized carbons (Fsp3) is 0.235.